The predicted molar refractivity (Wildman–Crippen MR) is 57.6 cm³/mol. The summed E-state index contributed by atoms with van der Waals surface area (Å²) in [5, 5.41) is 4.93. The molecule has 1 saturated carbocycles. The first-order valence-electron chi connectivity index (χ1n) is 4.94. The molecule has 0 bridgehead atoms. The minimum absolute atomic E-state index is 0. The number of hydrogen-bond donors (Lipinski definition) is 3. The Morgan fingerprint density at radius 3 is 2.40 bits per heavy atom. The summed E-state index contributed by atoms with van der Waals surface area (Å²) < 4.78 is 0. The van der Waals surface area contributed by atoms with Gasteiger partial charge in [-0.3, -0.25) is 10.1 Å². The number of urea groups is 1. The molecule has 4 N–H and O–H groups in total. The molecule has 0 spiro atoms. The monoisotopic (exact) mass is 233 g/mol. The zero-order valence-corrected chi connectivity index (χ0v) is 9.39. The highest BCUT2D eigenvalue weighted by Crippen LogP contribution is 2.42. The van der Waals surface area contributed by atoms with Crippen molar-refractivity contribution in [3.63, 3.8) is 0 Å². The SMILES string of the molecule is CC1CCC1C1(CN)NC(=O)NC1=O.Cl. The number of amides is 3. The van der Waals surface area contributed by atoms with Crippen LogP contribution in [0.2, 0.25) is 0 Å². The Labute approximate surface area is 94.6 Å². The first-order chi connectivity index (χ1) is 6.60. The lowest BCUT2D eigenvalue weighted by atomic mass is 9.64. The van der Waals surface area contributed by atoms with Crippen LogP contribution in [0.4, 0.5) is 4.79 Å². The van der Waals surface area contributed by atoms with E-state index in [1.54, 1.807) is 0 Å². The van der Waals surface area contributed by atoms with Gasteiger partial charge in [0.2, 0.25) is 0 Å². The summed E-state index contributed by atoms with van der Waals surface area (Å²) in [6.07, 6.45) is 2.07. The smallest absolute Gasteiger partial charge is 0.322 e. The van der Waals surface area contributed by atoms with Crippen LogP contribution >= 0.6 is 12.4 Å². The molecule has 0 aromatic rings. The van der Waals surface area contributed by atoms with Crippen LogP contribution < -0.4 is 16.4 Å². The molecule has 2 rings (SSSR count). The van der Waals surface area contributed by atoms with E-state index in [1.165, 1.54) is 0 Å². The van der Waals surface area contributed by atoms with Gasteiger partial charge in [0, 0.05) is 6.54 Å². The third kappa shape index (κ3) is 1.59. The van der Waals surface area contributed by atoms with Crippen molar-refractivity contribution in [1.29, 1.82) is 0 Å². The second-order valence-corrected chi connectivity index (χ2v) is 4.24. The number of nitrogens with two attached hydrogens (primary N) is 1. The van der Waals surface area contributed by atoms with Gasteiger partial charge < -0.3 is 11.1 Å². The maximum Gasteiger partial charge on any atom is 0.322 e. The van der Waals surface area contributed by atoms with Crippen LogP contribution in [0.15, 0.2) is 0 Å². The fourth-order valence-corrected chi connectivity index (χ4v) is 2.46. The quantitative estimate of drug-likeness (QED) is 0.587. The van der Waals surface area contributed by atoms with E-state index in [-0.39, 0.29) is 30.8 Å². The molecule has 2 aliphatic rings. The molecule has 0 aromatic carbocycles. The highest BCUT2D eigenvalue weighted by atomic mass is 35.5. The lowest BCUT2D eigenvalue weighted by Crippen LogP contribution is -2.62. The van der Waals surface area contributed by atoms with Crippen LogP contribution in [0.1, 0.15) is 19.8 Å². The lowest BCUT2D eigenvalue weighted by molar-refractivity contribution is -0.128. The number of hydrogen-bond acceptors (Lipinski definition) is 3. The van der Waals surface area contributed by atoms with Gasteiger partial charge in [0.05, 0.1) is 0 Å². The van der Waals surface area contributed by atoms with E-state index in [2.05, 4.69) is 17.6 Å². The highest BCUT2D eigenvalue weighted by molar-refractivity contribution is 6.07. The Balaban J connectivity index is 0.00000112. The molecule has 1 heterocycles. The molecular formula is C9H16ClN3O2. The van der Waals surface area contributed by atoms with Crippen LogP contribution in [0.5, 0.6) is 0 Å². The number of carbonyl (C=O) groups excluding carboxylic acids is 2. The third-order valence-corrected chi connectivity index (χ3v) is 3.54. The summed E-state index contributed by atoms with van der Waals surface area (Å²) in [4.78, 5) is 22.7. The van der Waals surface area contributed by atoms with Crippen molar-refractivity contribution in [3.05, 3.63) is 0 Å². The summed E-state index contributed by atoms with van der Waals surface area (Å²) in [6.45, 7) is 2.27. The maximum absolute atomic E-state index is 11.6. The lowest BCUT2D eigenvalue weighted by Gasteiger charge is -2.44. The van der Waals surface area contributed by atoms with Gasteiger partial charge in [-0.05, 0) is 24.7 Å². The van der Waals surface area contributed by atoms with Gasteiger partial charge in [-0.1, -0.05) is 6.92 Å². The minimum atomic E-state index is -0.839. The van der Waals surface area contributed by atoms with E-state index in [0.717, 1.165) is 12.8 Å². The van der Waals surface area contributed by atoms with Crippen LogP contribution in [0.3, 0.4) is 0 Å². The molecule has 0 aromatic heterocycles. The molecule has 15 heavy (non-hydrogen) atoms. The summed E-state index contributed by atoms with van der Waals surface area (Å²) in [5.41, 5.74) is 4.78. The fourth-order valence-electron chi connectivity index (χ4n) is 2.46. The molecule has 1 aliphatic heterocycles. The molecular weight excluding hydrogens is 218 g/mol. The first kappa shape index (κ1) is 12.3. The van der Waals surface area contributed by atoms with Gasteiger partial charge >= 0.3 is 6.03 Å². The minimum Gasteiger partial charge on any atom is -0.328 e. The summed E-state index contributed by atoms with van der Waals surface area (Å²) in [5.74, 6) is 0.392. The van der Waals surface area contributed by atoms with Gasteiger partial charge in [-0.25, -0.2) is 4.79 Å². The predicted octanol–water partition coefficient (Wildman–Crippen LogP) is -0.00880. The van der Waals surface area contributed by atoms with Gasteiger partial charge in [0.15, 0.2) is 0 Å². The Morgan fingerprint density at radius 2 is 2.13 bits per heavy atom. The molecule has 5 nitrogen and oxygen atoms in total. The van der Waals surface area contributed by atoms with Crippen molar-refractivity contribution < 1.29 is 9.59 Å². The first-order valence-corrected chi connectivity index (χ1v) is 4.94. The molecule has 6 heteroatoms. The number of halogens is 1. The molecule has 1 aliphatic carbocycles. The van der Waals surface area contributed by atoms with Crippen molar-refractivity contribution in [2.45, 2.75) is 25.3 Å². The molecule has 2 fully saturated rings. The molecule has 3 unspecified atom stereocenters. The van der Waals surface area contributed by atoms with E-state index in [0.29, 0.717) is 5.92 Å². The molecule has 86 valence electrons. The van der Waals surface area contributed by atoms with Crippen molar-refractivity contribution in [1.82, 2.24) is 10.6 Å². The van der Waals surface area contributed by atoms with Crippen LogP contribution in [0.25, 0.3) is 0 Å². The van der Waals surface area contributed by atoms with Crippen LogP contribution in [0, 0.1) is 11.8 Å². The van der Waals surface area contributed by atoms with Crippen molar-refractivity contribution >= 4 is 24.3 Å². The zero-order valence-electron chi connectivity index (χ0n) is 8.58. The molecule has 3 atom stereocenters. The Morgan fingerprint density at radius 1 is 1.47 bits per heavy atom. The van der Waals surface area contributed by atoms with E-state index in [9.17, 15) is 9.59 Å². The second-order valence-electron chi connectivity index (χ2n) is 4.24. The van der Waals surface area contributed by atoms with Gasteiger partial charge in [-0.15, -0.1) is 12.4 Å². The fraction of sp³-hybridized carbons (Fsp3) is 0.778. The number of carbonyl (C=O) groups is 2. The van der Waals surface area contributed by atoms with Gasteiger partial charge in [0.25, 0.3) is 5.91 Å². The van der Waals surface area contributed by atoms with Crippen molar-refractivity contribution in [2.24, 2.45) is 17.6 Å². The highest BCUT2D eigenvalue weighted by Gasteiger charge is 2.54. The number of rotatable bonds is 2. The average molecular weight is 234 g/mol. The van der Waals surface area contributed by atoms with Crippen molar-refractivity contribution in [2.75, 3.05) is 6.54 Å². The Bertz CT molecular complexity index is 297. The summed E-state index contributed by atoms with van der Waals surface area (Å²) in [7, 11) is 0. The van der Waals surface area contributed by atoms with E-state index < -0.39 is 11.6 Å². The topological polar surface area (TPSA) is 84.2 Å². The average Bonchev–Trinajstić information content (AvgIpc) is 2.40. The van der Waals surface area contributed by atoms with E-state index in [1.807, 2.05) is 0 Å². The summed E-state index contributed by atoms with van der Waals surface area (Å²) >= 11 is 0. The Kier molecular flexibility index (Phi) is 3.25. The number of imide groups is 1. The summed E-state index contributed by atoms with van der Waals surface area (Å²) in [6, 6.07) is -0.417. The second kappa shape index (κ2) is 3.98. The molecule has 3 amide bonds. The van der Waals surface area contributed by atoms with Gasteiger partial charge in [-0.2, -0.15) is 0 Å². The van der Waals surface area contributed by atoms with E-state index >= 15 is 0 Å². The molecule has 0 radical (unpaired) electrons. The molecule has 1 saturated heterocycles. The van der Waals surface area contributed by atoms with Crippen molar-refractivity contribution in [3.8, 4) is 0 Å². The van der Waals surface area contributed by atoms with Crippen LogP contribution in [-0.4, -0.2) is 24.0 Å². The zero-order chi connectivity index (χ0) is 10.3. The third-order valence-electron chi connectivity index (χ3n) is 3.54. The van der Waals surface area contributed by atoms with Crippen LogP contribution in [-0.2, 0) is 4.79 Å². The number of nitrogens with one attached hydrogen (secondary N) is 2. The van der Waals surface area contributed by atoms with Gasteiger partial charge in [0.1, 0.15) is 5.54 Å². The maximum atomic E-state index is 11.6. The normalized spacial score (nSPS) is 38.8. The van der Waals surface area contributed by atoms with E-state index in [4.69, 9.17) is 5.73 Å². The standard InChI is InChI=1S/C9H15N3O2.ClH/c1-5-2-3-6(5)9(4-10)7(13)11-8(14)12-9;/h5-6H,2-4,10H2,1H3,(H2,11,12,13,14);1H. The Hall–Kier alpha value is -0.810. The largest absolute Gasteiger partial charge is 0.328 e.